The Labute approximate surface area is 211 Å². The van der Waals surface area contributed by atoms with Crippen LogP contribution in [0.2, 0.25) is 0 Å². The van der Waals surface area contributed by atoms with Crippen LogP contribution in [0.4, 0.5) is 0 Å². The molecule has 4 atom stereocenters. The van der Waals surface area contributed by atoms with Crippen LogP contribution in [0.3, 0.4) is 0 Å². The Morgan fingerprint density at radius 1 is 0.833 bits per heavy atom. The highest BCUT2D eigenvalue weighted by molar-refractivity contribution is 7.98. The summed E-state index contributed by atoms with van der Waals surface area (Å²) < 4.78 is 0. The highest BCUT2D eigenvalue weighted by Gasteiger charge is 2.32. The molecule has 13 N–H and O–H groups in total. The Kier molecular flexibility index (Phi) is 15.2. The lowest BCUT2D eigenvalue weighted by Gasteiger charge is -2.24. The zero-order chi connectivity index (χ0) is 27.8. The Bertz CT molecular complexity index is 836. The highest BCUT2D eigenvalue weighted by atomic mass is 32.2. The monoisotopic (exact) mass is 534 g/mol. The normalized spacial score (nSPS) is 13.8. The van der Waals surface area contributed by atoms with Gasteiger partial charge in [-0.1, -0.05) is 0 Å². The van der Waals surface area contributed by atoms with Gasteiger partial charge in [0.2, 0.25) is 23.6 Å². The number of rotatable bonds is 18. The minimum atomic E-state index is -1.74. The van der Waals surface area contributed by atoms with Crippen LogP contribution in [0.1, 0.15) is 32.1 Å². The standard InChI is InChI=1S/C19H34N8O8S/c1-36-6-4-9(20)15(31)25-10(3-2-5-24-19(22)23)16(32)26-11(8-14(29)30)17(33)27-12(18(34)35)7-13(21)28/h9-12H,2-8,20H2,1H3,(H2,21,28)(H,25,31)(H,26,32)(H,27,33)(H,29,30)(H,34,35)(H4,22,23,24). The van der Waals surface area contributed by atoms with Crippen LogP contribution < -0.4 is 38.9 Å². The van der Waals surface area contributed by atoms with Gasteiger partial charge < -0.3 is 49.1 Å². The van der Waals surface area contributed by atoms with Gasteiger partial charge in [0, 0.05) is 6.54 Å². The number of hydrogen-bond acceptors (Lipinski definition) is 9. The maximum absolute atomic E-state index is 12.9. The molecule has 0 heterocycles. The molecule has 0 saturated heterocycles. The number of hydrogen-bond donors (Lipinski definition) is 9. The maximum Gasteiger partial charge on any atom is 0.326 e. The van der Waals surface area contributed by atoms with Crippen LogP contribution in [0.5, 0.6) is 0 Å². The molecule has 0 aromatic carbocycles. The lowest BCUT2D eigenvalue weighted by molar-refractivity contribution is -0.144. The largest absolute Gasteiger partial charge is 0.481 e. The minimum absolute atomic E-state index is 0.00440. The second kappa shape index (κ2) is 16.9. The van der Waals surface area contributed by atoms with Crippen LogP contribution in [0.25, 0.3) is 0 Å². The second-order valence-electron chi connectivity index (χ2n) is 7.63. The van der Waals surface area contributed by atoms with Crippen molar-refractivity contribution < 1.29 is 39.0 Å². The smallest absolute Gasteiger partial charge is 0.326 e. The van der Waals surface area contributed by atoms with E-state index in [1.54, 1.807) is 0 Å². The summed E-state index contributed by atoms with van der Waals surface area (Å²) in [6, 6.07) is -5.63. The molecule has 4 amide bonds. The van der Waals surface area contributed by atoms with Gasteiger partial charge in [-0.3, -0.25) is 29.0 Å². The van der Waals surface area contributed by atoms with E-state index in [1.165, 1.54) is 11.8 Å². The molecule has 0 radical (unpaired) electrons. The van der Waals surface area contributed by atoms with Gasteiger partial charge in [0.1, 0.15) is 18.1 Å². The first kappa shape index (κ1) is 32.4. The molecule has 17 heteroatoms. The van der Waals surface area contributed by atoms with Crippen molar-refractivity contribution in [3.05, 3.63) is 0 Å². The number of carbonyl (C=O) groups is 6. The highest BCUT2D eigenvalue weighted by Crippen LogP contribution is 2.05. The molecule has 0 aliphatic carbocycles. The van der Waals surface area contributed by atoms with E-state index in [1.807, 2.05) is 11.6 Å². The van der Waals surface area contributed by atoms with Gasteiger partial charge in [0.25, 0.3) is 0 Å². The lowest BCUT2D eigenvalue weighted by Crippen LogP contribution is -2.57. The van der Waals surface area contributed by atoms with E-state index in [0.29, 0.717) is 12.2 Å². The number of carboxylic acid groups (broad SMARTS) is 2. The number of aliphatic imine (C=N–C) groups is 1. The lowest BCUT2D eigenvalue weighted by atomic mass is 10.1. The van der Waals surface area contributed by atoms with Crippen molar-refractivity contribution in [2.24, 2.45) is 27.9 Å². The van der Waals surface area contributed by atoms with Crippen LogP contribution in [0.15, 0.2) is 4.99 Å². The molecule has 16 nitrogen and oxygen atoms in total. The Morgan fingerprint density at radius 2 is 1.39 bits per heavy atom. The summed E-state index contributed by atoms with van der Waals surface area (Å²) in [5, 5.41) is 24.9. The number of aliphatic carboxylic acids is 2. The summed E-state index contributed by atoms with van der Waals surface area (Å²) in [5.41, 5.74) is 21.3. The summed E-state index contributed by atoms with van der Waals surface area (Å²) in [4.78, 5) is 75.3. The van der Waals surface area contributed by atoms with Gasteiger partial charge in [0.05, 0.1) is 18.9 Å². The third-order valence-electron chi connectivity index (χ3n) is 4.58. The number of nitrogens with two attached hydrogens (primary N) is 4. The van der Waals surface area contributed by atoms with E-state index in [2.05, 4.69) is 15.6 Å². The van der Waals surface area contributed by atoms with Crippen molar-refractivity contribution in [3.8, 4) is 0 Å². The SMILES string of the molecule is CSCCC(N)C(=O)NC(CCCN=C(N)N)C(=O)NC(CC(=O)O)C(=O)NC(CC(N)=O)C(=O)O. The molecule has 0 saturated carbocycles. The second-order valence-corrected chi connectivity index (χ2v) is 8.61. The van der Waals surface area contributed by atoms with Crippen molar-refractivity contribution in [1.82, 2.24) is 16.0 Å². The van der Waals surface area contributed by atoms with Gasteiger partial charge in [-0.2, -0.15) is 11.8 Å². The quantitative estimate of drug-likeness (QED) is 0.0462. The average molecular weight is 535 g/mol. The van der Waals surface area contributed by atoms with Crippen molar-refractivity contribution in [3.63, 3.8) is 0 Å². The van der Waals surface area contributed by atoms with Crippen LogP contribution in [-0.4, -0.2) is 94.5 Å². The predicted molar refractivity (Wildman–Crippen MR) is 130 cm³/mol. The van der Waals surface area contributed by atoms with E-state index >= 15 is 0 Å². The van der Waals surface area contributed by atoms with Crippen molar-refractivity contribution in [2.45, 2.75) is 56.3 Å². The number of primary amides is 1. The number of nitrogens with zero attached hydrogens (tertiary/aromatic N) is 1. The third kappa shape index (κ3) is 14.0. The molecule has 0 spiro atoms. The molecule has 0 fully saturated rings. The van der Waals surface area contributed by atoms with Crippen LogP contribution >= 0.6 is 11.8 Å². The number of guanidine groups is 1. The molecule has 36 heavy (non-hydrogen) atoms. The molecule has 0 rings (SSSR count). The molecule has 204 valence electrons. The summed E-state index contributed by atoms with van der Waals surface area (Å²) in [5.74, 6) is -6.43. The van der Waals surface area contributed by atoms with E-state index in [9.17, 15) is 28.8 Å². The van der Waals surface area contributed by atoms with Crippen LogP contribution in [0, 0.1) is 0 Å². The van der Waals surface area contributed by atoms with Crippen molar-refractivity contribution in [2.75, 3.05) is 18.6 Å². The summed E-state index contributed by atoms with van der Waals surface area (Å²) >= 11 is 1.47. The zero-order valence-electron chi connectivity index (χ0n) is 19.8. The van der Waals surface area contributed by atoms with Crippen LogP contribution in [-0.2, 0) is 28.8 Å². The fraction of sp³-hybridized carbons (Fsp3) is 0.632. The molecule has 0 aromatic heterocycles. The predicted octanol–water partition coefficient (Wildman–Crippen LogP) is -3.99. The summed E-state index contributed by atoms with van der Waals surface area (Å²) in [7, 11) is 0. The zero-order valence-corrected chi connectivity index (χ0v) is 20.6. The molecular weight excluding hydrogens is 500 g/mol. The fourth-order valence-corrected chi connectivity index (χ4v) is 3.25. The number of nitrogens with one attached hydrogen (secondary N) is 3. The van der Waals surface area contributed by atoms with Gasteiger partial charge in [-0.05, 0) is 31.3 Å². The topological polar surface area (TPSA) is 295 Å². The van der Waals surface area contributed by atoms with Gasteiger partial charge in [-0.15, -0.1) is 0 Å². The van der Waals surface area contributed by atoms with E-state index in [-0.39, 0.29) is 25.3 Å². The summed E-state index contributed by atoms with van der Waals surface area (Å²) in [6.07, 6.45) is 0.719. The van der Waals surface area contributed by atoms with Gasteiger partial charge >= 0.3 is 11.9 Å². The van der Waals surface area contributed by atoms with Gasteiger partial charge in [0.15, 0.2) is 5.96 Å². The number of thioether (sulfide) groups is 1. The van der Waals surface area contributed by atoms with E-state index < -0.39 is 72.6 Å². The Morgan fingerprint density at radius 3 is 1.89 bits per heavy atom. The Balaban J connectivity index is 5.61. The molecule has 4 unspecified atom stereocenters. The third-order valence-corrected chi connectivity index (χ3v) is 5.22. The average Bonchev–Trinajstić information content (AvgIpc) is 2.77. The Hall–Kier alpha value is -3.60. The van der Waals surface area contributed by atoms with Crippen molar-refractivity contribution in [1.29, 1.82) is 0 Å². The van der Waals surface area contributed by atoms with Gasteiger partial charge in [-0.25, -0.2) is 4.79 Å². The number of amides is 4. The fourth-order valence-electron chi connectivity index (χ4n) is 2.76. The summed E-state index contributed by atoms with van der Waals surface area (Å²) in [6.45, 7) is 0.118. The molecular formula is C19H34N8O8S. The minimum Gasteiger partial charge on any atom is -0.481 e. The molecule has 0 bridgehead atoms. The molecule has 0 aliphatic rings. The molecule has 0 aliphatic heterocycles. The molecule has 0 aromatic rings. The van der Waals surface area contributed by atoms with Crippen molar-refractivity contribution >= 4 is 53.3 Å². The maximum atomic E-state index is 12.9. The first-order chi connectivity index (χ1) is 16.8. The van der Waals surface area contributed by atoms with E-state index in [4.69, 9.17) is 33.1 Å². The number of carbonyl (C=O) groups excluding carboxylic acids is 4. The number of carboxylic acids is 2. The first-order valence-corrected chi connectivity index (χ1v) is 12.1. The van der Waals surface area contributed by atoms with E-state index in [0.717, 1.165) is 0 Å². The first-order valence-electron chi connectivity index (χ1n) is 10.7.